The van der Waals surface area contributed by atoms with Gasteiger partial charge in [-0.3, -0.25) is 4.79 Å². The standard InChI is InChI=1S/C14H19NO2/c1-10(9-16)15-13(17)11-5-3-4-6-12(11)14(2)7-8-14/h3-6,10,16H,7-9H2,1-2H3,(H,15,17). The molecule has 0 bridgehead atoms. The zero-order valence-electron chi connectivity index (χ0n) is 10.4. The second-order valence-electron chi connectivity index (χ2n) is 5.16. The highest BCUT2D eigenvalue weighted by atomic mass is 16.3. The number of carbonyl (C=O) groups is 1. The van der Waals surface area contributed by atoms with E-state index in [1.54, 1.807) is 6.92 Å². The molecule has 3 heteroatoms. The van der Waals surface area contributed by atoms with Gasteiger partial charge in [-0.05, 0) is 36.8 Å². The summed E-state index contributed by atoms with van der Waals surface area (Å²) in [5.41, 5.74) is 2.05. The van der Waals surface area contributed by atoms with Gasteiger partial charge in [-0.1, -0.05) is 25.1 Å². The quantitative estimate of drug-likeness (QED) is 0.833. The van der Waals surface area contributed by atoms with Gasteiger partial charge in [0.05, 0.1) is 6.61 Å². The number of hydrogen-bond donors (Lipinski definition) is 2. The molecule has 1 atom stereocenters. The van der Waals surface area contributed by atoms with E-state index in [-0.39, 0.29) is 24.0 Å². The average Bonchev–Trinajstić information content (AvgIpc) is 3.08. The molecule has 1 aromatic carbocycles. The Morgan fingerprint density at radius 3 is 2.71 bits per heavy atom. The third kappa shape index (κ3) is 2.50. The first-order valence-corrected chi connectivity index (χ1v) is 6.08. The molecule has 0 heterocycles. The number of aliphatic hydroxyl groups is 1. The minimum Gasteiger partial charge on any atom is -0.394 e. The summed E-state index contributed by atoms with van der Waals surface area (Å²) < 4.78 is 0. The summed E-state index contributed by atoms with van der Waals surface area (Å²) in [6.07, 6.45) is 2.29. The van der Waals surface area contributed by atoms with E-state index in [9.17, 15) is 4.79 Å². The first-order chi connectivity index (χ1) is 8.07. The van der Waals surface area contributed by atoms with E-state index in [0.29, 0.717) is 0 Å². The Balaban J connectivity index is 2.23. The van der Waals surface area contributed by atoms with Crippen molar-refractivity contribution >= 4 is 5.91 Å². The smallest absolute Gasteiger partial charge is 0.251 e. The van der Waals surface area contributed by atoms with Crippen molar-refractivity contribution in [2.75, 3.05) is 6.61 Å². The van der Waals surface area contributed by atoms with Gasteiger partial charge in [0.2, 0.25) is 0 Å². The SMILES string of the molecule is CC(CO)NC(=O)c1ccccc1C1(C)CC1. The number of hydrogen-bond acceptors (Lipinski definition) is 2. The third-order valence-electron chi connectivity index (χ3n) is 3.47. The first kappa shape index (κ1) is 12.1. The third-order valence-corrected chi connectivity index (χ3v) is 3.47. The molecule has 0 spiro atoms. The molecule has 1 amide bonds. The number of aliphatic hydroxyl groups excluding tert-OH is 1. The molecule has 1 aromatic rings. The molecule has 1 aliphatic carbocycles. The highest BCUT2D eigenvalue weighted by molar-refractivity contribution is 5.96. The van der Waals surface area contributed by atoms with Gasteiger partial charge in [0.25, 0.3) is 5.91 Å². The monoisotopic (exact) mass is 233 g/mol. The Bertz CT molecular complexity index is 424. The lowest BCUT2D eigenvalue weighted by molar-refractivity contribution is 0.0920. The summed E-state index contributed by atoms with van der Waals surface area (Å²) in [5, 5.41) is 11.8. The van der Waals surface area contributed by atoms with Crippen LogP contribution in [0.1, 0.15) is 42.6 Å². The molecule has 0 aliphatic heterocycles. The largest absolute Gasteiger partial charge is 0.394 e. The van der Waals surface area contributed by atoms with Gasteiger partial charge in [0.1, 0.15) is 0 Å². The van der Waals surface area contributed by atoms with Crippen molar-refractivity contribution in [3.63, 3.8) is 0 Å². The number of amides is 1. The van der Waals surface area contributed by atoms with Crippen LogP contribution in [0.5, 0.6) is 0 Å². The second kappa shape index (κ2) is 4.49. The minimum absolute atomic E-state index is 0.0365. The number of benzene rings is 1. The average molecular weight is 233 g/mol. The minimum atomic E-state index is -0.206. The van der Waals surface area contributed by atoms with E-state index in [0.717, 1.165) is 24.0 Å². The molecule has 17 heavy (non-hydrogen) atoms. The lowest BCUT2D eigenvalue weighted by Gasteiger charge is -2.16. The van der Waals surface area contributed by atoms with Gasteiger partial charge >= 0.3 is 0 Å². The van der Waals surface area contributed by atoms with Crippen LogP contribution in [-0.4, -0.2) is 23.7 Å². The highest BCUT2D eigenvalue weighted by Gasteiger charge is 2.41. The Kier molecular flexibility index (Phi) is 3.20. The van der Waals surface area contributed by atoms with Crippen molar-refractivity contribution in [2.24, 2.45) is 0 Å². The Hall–Kier alpha value is -1.35. The summed E-state index contributed by atoms with van der Waals surface area (Å²) in [5.74, 6) is -0.0877. The van der Waals surface area contributed by atoms with Crippen LogP contribution in [-0.2, 0) is 5.41 Å². The molecule has 0 saturated heterocycles. The van der Waals surface area contributed by atoms with Gasteiger partial charge in [-0.15, -0.1) is 0 Å². The fourth-order valence-corrected chi connectivity index (χ4v) is 2.01. The zero-order chi connectivity index (χ0) is 12.5. The molecule has 3 nitrogen and oxygen atoms in total. The molecule has 92 valence electrons. The molecule has 0 aromatic heterocycles. The Morgan fingerprint density at radius 1 is 1.47 bits per heavy atom. The van der Waals surface area contributed by atoms with Gasteiger partial charge in [-0.2, -0.15) is 0 Å². The van der Waals surface area contributed by atoms with Crippen LogP contribution in [0.3, 0.4) is 0 Å². The fourth-order valence-electron chi connectivity index (χ4n) is 2.01. The molecule has 1 unspecified atom stereocenters. The normalized spacial score (nSPS) is 18.5. The summed E-state index contributed by atoms with van der Waals surface area (Å²) in [6.45, 7) is 3.94. The van der Waals surface area contributed by atoms with Crippen LogP contribution >= 0.6 is 0 Å². The maximum absolute atomic E-state index is 12.1. The summed E-state index contributed by atoms with van der Waals surface area (Å²) in [7, 11) is 0. The van der Waals surface area contributed by atoms with Gasteiger partial charge in [0.15, 0.2) is 0 Å². The van der Waals surface area contributed by atoms with Crippen molar-refractivity contribution in [1.82, 2.24) is 5.32 Å². The van der Waals surface area contributed by atoms with E-state index in [2.05, 4.69) is 12.2 Å². The van der Waals surface area contributed by atoms with Gasteiger partial charge in [-0.25, -0.2) is 0 Å². The van der Waals surface area contributed by atoms with Crippen molar-refractivity contribution in [3.8, 4) is 0 Å². The van der Waals surface area contributed by atoms with E-state index < -0.39 is 0 Å². The number of rotatable bonds is 4. The van der Waals surface area contributed by atoms with Crippen molar-refractivity contribution in [1.29, 1.82) is 0 Å². The van der Waals surface area contributed by atoms with Crippen LogP contribution in [0.4, 0.5) is 0 Å². The molecule has 1 saturated carbocycles. The van der Waals surface area contributed by atoms with Crippen molar-refractivity contribution in [2.45, 2.75) is 38.1 Å². The van der Waals surface area contributed by atoms with E-state index in [1.807, 2.05) is 24.3 Å². The van der Waals surface area contributed by atoms with Crippen molar-refractivity contribution in [3.05, 3.63) is 35.4 Å². The van der Waals surface area contributed by atoms with Crippen LogP contribution < -0.4 is 5.32 Å². The Labute approximate surface area is 102 Å². The maximum atomic E-state index is 12.1. The predicted molar refractivity (Wildman–Crippen MR) is 67.0 cm³/mol. The zero-order valence-corrected chi connectivity index (χ0v) is 10.4. The number of carbonyl (C=O) groups excluding carboxylic acids is 1. The first-order valence-electron chi connectivity index (χ1n) is 6.08. The van der Waals surface area contributed by atoms with E-state index in [4.69, 9.17) is 5.11 Å². The van der Waals surface area contributed by atoms with Crippen LogP contribution in [0.25, 0.3) is 0 Å². The molecule has 2 rings (SSSR count). The molecule has 2 N–H and O–H groups in total. The lowest BCUT2D eigenvalue weighted by atomic mass is 9.92. The van der Waals surface area contributed by atoms with Crippen LogP contribution in [0, 0.1) is 0 Å². The van der Waals surface area contributed by atoms with E-state index >= 15 is 0 Å². The molecule has 1 fully saturated rings. The molecular formula is C14H19NO2. The highest BCUT2D eigenvalue weighted by Crippen LogP contribution is 2.48. The van der Waals surface area contributed by atoms with Crippen LogP contribution in [0.15, 0.2) is 24.3 Å². The molecular weight excluding hydrogens is 214 g/mol. The summed E-state index contributed by atoms with van der Waals surface area (Å²) in [6, 6.07) is 7.55. The van der Waals surface area contributed by atoms with Gasteiger partial charge in [0, 0.05) is 11.6 Å². The Morgan fingerprint density at radius 2 is 2.12 bits per heavy atom. The fraction of sp³-hybridized carbons (Fsp3) is 0.500. The van der Waals surface area contributed by atoms with E-state index in [1.165, 1.54) is 0 Å². The maximum Gasteiger partial charge on any atom is 0.251 e. The summed E-state index contributed by atoms with van der Waals surface area (Å²) >= 11 is 0. The van der Waals surface area contributed by atoms with Crippen LogP contribution in [0.2, 0.25) is 0 Å². The van der Waals surface area contributed by atoms with Crippen molar-refractivity contribution < 1.29 is 9.90 Å². The van der Waals surface area contributed by atoms with Gasteiger partial charge < -0.3 is 10.4 Å². The number of nitrogens with one attached hydrogen (secondary N) is 1. The molecule has 1 aliphatic rings. The second-order valence-corrected chi connectivity index (χ2v) is 5.16. The molecule has 0 radical (unpaired) electrons. The lowest BCUT2D eigenvalue weighted by Crippen LogP contribution is -2.35. The summed E-state index contributed by atoms with van der Waals surface area (Å²) in [4.78, 5) is 12.1. The topological polar surface area (TPSA) is 49.3 Å². The predicted octanol–water partition coefficient (Wildman–Crippen LogP) is 1.85.